The van der Waals surface area contributed by atoms with Crippen molar-refractivity contribution < 1.29 is 13.2 Å². The first kappa shape index (κ1) is 18.6. The van der Waals surface area contributed by atoms with E-state index in [1.807, 2.05) is 25.1 Å². The van der Waals surface area contributed by atoms with Gasteiger partial charge in [-0.05, 0) is 37.5 Å². The van der Waals surface area contributed by atoms with Crippen molar-refractivity contribution in [3.8, 4) is 0 Å². The Labute approximate surface area is 155 Å². The quantitative estimate of drug-likeness (QED) is 0.878. The lowest BCUT2D eigenvalue weighted by Crippen LogP contribution is -2.42. The molecule has 1 saturated heterocycles. The molecule has 0 aliphatic carbocycles. The van der Waals surface area contributed by atoms with E-state index < -0.39 is 10.0 Å². The van der Waals surface area contributed by atoms with E-state index >= 15 is 0 Å². The van der Waals surface area contributed by atoms with Gasteiger partial charge in [0.1, 0.15) is 0 Å². The lowest BCUT2D eigenvalue weighted by Gasteiger charge is -2.30. The molecule has 6 heteroatoms. The summed E-state index contributed by atoms with van der Waals surface area (Å²) in [7, 11) is -3.47. The molecule has 0 unspecified atom stereocenters. The molecule has 1 aliphatic rings. The van der Waals surface area contributed by atoms with Crippen LogP contribution in [0.25, 0.3) is 0 Å². The fourth-order valence-corrected chi connectivity index (χ4v) is 4.75. The third-order valence-electron chi connectivity index (χ3n) is 4.75. The maximum Gasteiger partial charge on any atom is 0.243 e. The van der Waals surface area contributed by atoms with Gasteiger partial charge < -0.3 is 5.32 Å². The molecule has 1 heterocycles. The van der Waals surface area contributed by atoms with E-state index in [4.69, 9.17) is 0 Å². The van der Waals surface area contributed by atoms with E-state index in [0.29, 0.717) is 37.4 Å². The SMILES string of the molecule is Cc1cccc(CNC(=O)C2CCN(S(=O)(=O)c3ccccc3)CC2)c1. The molecule has 0 bridgehead atoms. The molecule has 0 radical (unpaired) electrons. The van der Waals surface area contributed by atoms with Crippen LogP contribution in [0.4, 0.5) is 0 Å². The highest BCUT2D eigenvalue weighted by Gasteiger charge is 2.31. The van der Waals surface area contributed by atoms with Crippen molar-refractivity contribution >= 4 is 15.9 Å². The summed E-state index contributed by atoms with van der Waals surface area (Å²) in [5.74, 6) is -0.134. The van der Waals surface area contributed by atoms with Gasteiger partial charge in [0.15, 0.2) is 0 Å². The third-order valence-corrected chi connectivity index (χ3v) is 6.67. The minimum Gasteiger partial charge on any atom is -0.352 e. The molecule has 1 fully saturated rings. The maximum absolute atomic E-state index is 12.6. The first-order valence-electron chi connectivity index (χ1n) is 8.85. The Bertz CT molecular complexity index is 858. The molecule has 0 atom stereocenters. The number of hydrogen-bond acceptors (Lipinski definition) is 3. The molecule has 1 amide bonds. The van der Waals surface area contributed by atoms with Crippen LogP contribution in [0, 0.1) is 12.8 Å². The largest absolute Gasteiger partial charge is 0.352 e. The molecular weight excluding hydrogens is 348 g/mol. The summed E-state index contributed by atoms with van der Waals surface area (Å²) >= 11 is 0. The Balaban J connectivity index is 1.54. The number of sulfonamides is 1. The summed E-state index contributed by atoms with van der Waals surface area (Å²) in [6.45, 7) is 3.27. The third kappa shape index (κ3) is 4.31. The molecule has 1 N–H and O–H groups in total. The Morgan fingerprint density at radius 1 is 1.08 bits per heavy atom. The summed E-state index contributed by atoms with van der Waals surface area (Å²) in [5, 5.41) is 2.97. The Hall–Kier alpha value is -2.18. The zero-order valence-corrected chi connectivity index (χ0v) is 15.7. The highest BCUT2D eigenvalue weighted by atomic mass is 32.2. The highest BCUT2D eigenvalue weighted by Crippen LogP contribution is 2.24. The summed E-state index contributed by atoms with van der Waals surface area (Å²) in [6, 6.07) is 16.5. The van der Waals surface area contributed by atoms with Crippen LogP contribution in [0.1, 0.15) is 24.0 Å². The Morgan fingerprint density at radius 2 is 1.77 bits per heavy atom. The van der Waals surface area contributed by atoms with Crippen molar-refractivity contribution in [2.75, 3.05) is 13.1 Å². The summed E-state index contributed by atoms with van der Waals surface area (Å²) in [4.78, 5) is 12.7. The van der Waals surface area contributed by atoms with Crippen molar-refractivity contribution in [2.24, 2.45) is 5.92 Å². The van der Waals surface area contributed by atoms with Gasteiger partial charge in [-0.15, -0.1) is 0 Å². The van der Waals surface area contributed by atoms with Crippen LogP contribution in [0.5, 0.6) is 0 Å². The topological polar surface area (TPSA) is 66.5 Å². The van der Waals surface area contributed by atoms with E-state index in [-0.39, 0.29) is 11.8 Å². The van der Waals surface area contributed by atoms with Crippen molar-refractivity contribution in [3.05, 3.63) is 65.7 Å². The first-order chi connectivity index (χ1) is 12.5. The Kier molecular flexibility index (Phi) is 5.74. The van der Waals surface area contributed by atoms with E-state index in [2.05, 4.69) is 11.4 Å². The van der Waals surface area contributed by atoms with E-state index in [1.165, 1.54) is 4.31 Å². The van der Waals surface area contributed by atoms with Gasteiger partial charge in [-0.2, -0.15) is 4.31 Å². The van der Waals surface area contributed by atoms with Gasteiger partial charge in [0, 0.05) is 25.6 Å². The number of hydrogen-bond donors (Lipinski definition) is 1. The standard InChI is InChI=1S/C20H24N2O3S/c1-16-6-5-7-17(14-16)15-21-20(23)18-10-12-22(13-11-18)26(24,25)19-8-3-2-4-9-19/h2-9,14,18H,10-13,15H2,1H3,(H,21,23). The molecule has 3 rings (SSSR count). The molecule has 0 saturated carbocycles. The molecule has 1 aliphatic heterocycles. The summed E-state index contributed by atoms with van der Waals surface area (Å²) < 4.78 is 26.7. The number of carbonyl (C=O) groups is 1. The van der Waals surface area contributed by atoms with Crippen LogP contribution in [-0.2, 0) is 21.4 Å². The highest BCUT2D eigenvalue weighted by molar-refractivity contribution is 7.89. The summed E-state index contributed by atoms with van der Waals surface area (Å²) in [5.41, 5.74) is 2.23. The monoisotopic (exact) mass is 372 g/mol. The summed E-state index contributed by atoms with van der Waals surface area (Å²) in [6.07, 6.45) is 1.09. The van der Waals surface area contributed by atoms with Crippen LogP contribution in [0.3, 0.4) is 0 Å². The van der Waals surface area contributed by atoms with Gasteiger partial charge in [0.2, 0.25) is 15.9 Å². The van der Waals surface area contributed by atoms with Crippen molar-refractivity contribution in [1.29, 1.82) is 0 Å². The van der Waals surface area contributed by atoms with Crippen molar-refractivity contribution in [2.45, 2.75) is 31.2 Å². The minimum absolute atomic E-state index is 0.00302. The van der Waals surface area contributed by atoms with Gasteiger partial charge in [-0.25, -0.2) is 8.42 Å². The molecule has 138 valence electrons. The lowest BCUT2D eigenvalue weighted by atomic mass is 9.97. The molecule has 2 aromatic carbocycles. The maximum atomic E-state index is 12.6. The number of nitrogens with one attached hydrogen (secondary N) is 1. The molecule has 26 heavy (non-hydrogen) atoms. The van der Waals surface area contributed by atoms with Crippen LogP contribution in [0.15, 0.2) is 59.5 Å². The smallest absolute Gasteiger partial charge is 0.243 e. The van der Waals surface area contributed by atoms with Crippen LogP contribution >= 0.6 is 0 Å². The Morgan fingerprint density at radius 3 is 2.42 bits per heavy atom. The van der Waals surface area contributed by atoms with Gasteiger partial charge in [-0.1, -0.05) is 48.0 Å². The first-order valence-corrected chi connectivity index (χ1v) is 10.3. The van der Waals surface area contributed by atoms with Gasteiger partial charge >= 0.3 is 0 Å². The predicted molar refractivity (Wildman–Crippen MR) is 101 cm³/mol. The fourth-order valence-electron chi connectivity index (χ4n) is 3.26. The average Bonchev–Trinajstić information content (AvgIpc) is 2.67. The molecule has 5 nitrogen and oxygen atoms in total. The number of nitrogens with zero attached hydrogens (tertiary/aromatic N) is 1. The second kappa shape index (κ2) is 8.01. The number of benzene rings is 2. The van der Waals surface area contributed by atoms with Crippen LogP contribution < -0.4 is 5.32 Å². The average molecular weight is 372 g/mol. The molecule has 0 spiro atoms. The number of amides is 1. The van der Waals surface area contributed by atoms with Gasteiger partial charge in [-0.3, -0.25) is 4.79 Å². The van der Waals surface area contributed by atoms with E-state index in [9.17, 15) is 13.2 Å². The predicted octanol–water partition coefficient (Wildman–Crippen LogP) is 2.71. The van der Waals surface area contributed by atoms with Gasteiger partial charge in [0.25, 0.3) is 0 Å². The van der Waals surface area contributed by atoms with E-state index in [1.54, 1.807) is 30.3 Å². The minimum atomic E-state index is -3.47. The number of rotatable bonds is 5. The molecular formula is C20H24N2O3S. The fraction of sp³-hybridized carbons (Fsp3) is 0.350. The molecule has 2 aromatic rings. The second-order valence-corrected chi connectivity index (χ2v) is 8.64. The van der Waals surface area contributed by atoms with Crippen LogP contribution in [-0.4, -0.2) is 31.7 Å². The lowest BCUT2D eigenvalue weighted by molar-refractivity contribution is -0.126. The number of carbonyl (C=O) groups excluding carboxylic acids is 1. The zero-order chi connectivity index (χ0) is 18.6. The number of piperidine rings is 1. The van der Waals surface area contributed by atoms with E-state index in [0.717, 1.165) is 11.1 Å². The second-order valence-electron chi connectivity index (χ2n) is 6.70. The van der Waals surface area contributed by atoms with Crippen LogP contribution in [0.2, 0.25) is 0 Å². The zero-order valence-electron chi connectivity index (χ0n) is 14.9. The van der Waals surface area contributed by atoms with Crippen molar-refractivity contribution in [3.63, 3.8) is 0 Å². The molecule has 0 aromatic heterocycles. The normalized spacial score (nSPS) is 16.3. The van der Waals surface area contributed by atoms with Gasteiger partial charge in [0.05, 0.1) is 4.90 Å². The van der Waals surface area contributed by atoms with Crippen molar-refractivity contribution in [1.82, 2.24) is 9.62 Å². The number of aryl methyl sites for hydroxylation is 1.